The van der Waals surface area contributed by atoms with Crippen LogP contribution in [0.1, 0.15) is 12.0 Å². The van der Waals surface area contributed by atoms with Crippen molar-refractivity contribution >= 4 is 23.4 Å². The molecule has 2 aromatic carbocycles. The zero-order valence-corrected chi connectivity index (χ0v) is 15.9. The Balaban J connectivity index is 1.40. The van der Waals surface area contributed by atoms with Gasteiger partial charge in [-0.05, 0) is 36.2 Å². The number of para-hydroxylation sites is 1. The molecule has 0 saturated carbocycles. The molecule has 1 aliphatic rings. The number of ether oxygens (including phenoxy) is 1. The molecule has 0 N–H and O–H groups in total. The molecular weight excluding hydrogens is 364 g/mol. The average Bonchev–Trinajstić information content (AvgIpc) is 2.71. The van der Waals surface area contributed by atoms with Gasteiger partial charge in [-0.2, -0.15) is 0 Å². The number of benzene rings is 2. The van der Waals surface area contributed by atoms with E-state index in [1.807, 2.05) is 59.5 Å². The Labute approximate surface area is 164 Å². The first-order chi connectivity index (χ1) is 13.1. The van der Waals surface area contributed by atoms with E-state index in [0.29, 0.717) is 49.8 Å². The molecule has 3 rings (SSSR count). The van der Waals surface area contributed by atoms with Gasteiger partial charge in [-0.25, -0.2) is 0 Å². The third-order valence-electron chi connectivity index (χ3n) is 4.61. The summed E-state index contributed by atoms with van der Waals surface area (Å²) in [5, 5.41) is 0.685. The Hall–Kier alpha value is -2.53. The number of nitrogens with zero attached hydrogens (tertiary/aromatic N) is 2. The number of halogens is 1. The second-order valence-corrected chi connectivity index (χ2v) is 6.93. The Morgan fingerprint density at radius 1 is 0.889 bits per heavy atom. The van der Waals surface area contributed by atoms with Gasteiger partial charge in [-0.15, -0.1) is 0 Å². The van der Waals surface area contributed by atoms with Crippen LogP contribution in [0.3, 0.4) is 0 Å². The predicted octanol–water partition coefficient (Wildman–Crippen LogP) is 3.02. The molecule has 2 aromatic rings. The van der Waals surface area contributed by atoms with Gasteiger partial charge in [-0.1, -0.05) is 41.9 Å². The van der Waals surface area contributed by atoms with Gasteiger partial charge in [-0.3, -0.25) is 9.59 Å². The Morgan fingerprint density at radius 2 is 1.56 bits per heavy atom. The van der Waals surface area contributed by atoms with Crippen molar-refractivity contribution in [2.24, 2.45) is 0 Å². The van der Waals surface area contributed by atoms with Crippen LogP contribution < -0.4 is 4.74 Å². The lowest BCUT2D eigenvalue weighted by Crippen LogP contribution is -2.51. The van der Waals surface area contributed by atoms with Crippen LogP contribution in [0.2, 0.25) is 5.02 Å². The Morgan fingerprint density at radius 3 is 2.22 bits per heavy atom. The van der Waals surface area contributed by atoms with Crippen LogP contribution in [0.25, 0.3) is 0 Å². The highest BCUT2D eigenvalue weighted by Crippen LogP contribution is 2.14. The zero-order chi connectivity index (χ0) is 19.1. The lowest BCUT2D eigenvalue weighted by Gasteiger charge is -2.34. The number of hydrogen-bond acceptors (Lipinski definition) is 3. The summed E-state index contributed by atoms with van der Waals surface area (Å²) in [6.07, 6.45) is 1.12. The van der Waals surface area contributed by atoms with E-state index < -0.39 is 0 Å². The van der Waals surface area contributed by atoms with Gasteiger partial charge in [0.25, 0.3) is 5.91 Å². The molecule has 1 heterocycles. The van der Waals surface area contributed by atoms with Crippen molar-refractivity contribution < 1.29 is 14.3 Å². The maximum absolute atomic E-state index is 12.4. The number of rotatable bonds is 6. The number of amides is 2. The standard InChI is InChI=1S/C21H23ClN2O3/c22-18-6-4-5-17(15-18)9-10-20(25)23-11-13-24(14-12-23)21(26)16-27-19-7-2-1-3-8-19/h1-8,15H,9-14,16H2. The molecule has 0 spiro atoms. The van der Waals surface area contributed by atoms with Gasteiger partial charge in [0.2, 0.25) is 5.91 Å². The molecule has 5 nitrogen and oxygen atoms in total. The molecule has 2 amide bonds. The van der Waals surface area contributed by atoms with Crippen molar-refractivity contribution in [3.05, 3.63) is 65.2 Å². The van der Waals surface area contributed by atoms with Gasteiger partial charge in [0.15, 0.2) is 6.61 Å². The van der Waals surface area contributed by atoms with Crippen molar-refractivity contribution in [2.75, 3.05) is 32.8 Å². The molecule has 0 aliphatic carbocycles. The first-order valence-electron chi connectivity index (χ1n) is 9.09. The van der Waals surface area contributed by atoms with E-state index in [9.17, 15) is 9.59 Å². The zero-order valence-electron chi connectivity index (χ0n) is 15.1. The molecule has 0 unspecified atom stereocenters. The SMILES string of the molecule is O=C(CCc1cccc(Cl)c1)N1CCN(C(=O)COc2ccccc2)CC1. The van der Waals surface area contributed by atoms with Crippen LogP contribution in [-0.4, -0.2) is 54.4 Å². The highest BCUT2D eigenvalue weighted by atomic mass is 35.5. The number of piperazine rings is 1. The molecular formula is C21H23ClN2O3. The highest BCUT2D eigenvalue weighted by molar-refractivity contribution is 6.30. The predicted molar refractivity (Wildman–Crippen MR) is 105 cm³/mol. The van der Waals surface area contributed by atoms with Crippen molar-refractivity contribution in [3.8, 4) is 5.75 Å². The third-order valence-corrected chi connectivity index (χ3v) is 4.84. The van der Waals surface area contributed by atoms with Crippen LogP contribution in [0.5, 0.6) is 5.75 Å². The van der Waals surface area contributed by atoms with E-state index in [1.54, 1.807) is 4.90 Å². The van der Waals surface area contributed by atoms with Gasteiger partial charge in [0.1, 0.15) is 5.75 Å². The average molecular weight is 387 g/mol. The van der Waals surface area contributed by atoms with E-state index in [2.05, 4.69) is 0 Å². The van der Waals surface area contributed by atoms with Crippen molar-refractivity contribution in [3.63, 3.8) is 0 Å². The Bertz CT molecular complexity index is 774. The van der Waals surface area contributed by atoms with Crippen molar-refractivity contribution in [1.82, 2.24) is 9.80 Å². The molecule has 6 heteroatoms. The molecule has 142 valence electrons. The summed E-state index contributed by atoms with van der Waals surface area (Å²) in [6, 6.07) is 16.9. The summed E-state index contributed by atoms with van der Waals surface area (Å²) in [5.74, 6) is 0.744. The van der Waals surface area contributed by atoms with Crippen LogP contribution in [0, 0.1) is 0 Å². The summed E-state index contributed by atoms with van der Waals surface area (Å²) in [6.45, 7) is 2.23. The van der Waals surface area contributed by atoms with E-state index in [-0.39, 0.29) is 18.4 Å². The van der Waals surface area contributed by atoms with Crippen LogP contribution in [-0.2, 0) is 16.0 Å². The van der Waals surface area contributed by atoms with Gasteiger partial charge in [0.05, 0.1) is 0 Å². The second-order valence-electron chi connectivity index (χ2n) is 6.49. The molecule has 0 atom stereocenters. The van der Waals surface area contributed by atoms with Crippen LogP contribution >= 0.6 is 11.6 Å². The first-order valence-corrected chi connectivity index (χ1v) is 9.47. The summed E-state index contributed by atoms with van der Waals surface area (Å²) >= 11 is 5.98. The fourth-order valence-electron chi connectivity index (χ4n) is 3.06. The largest absolute Gasteiger partial charge is 0.484 e. The normalized spacial score (nSPS) is 14.1. The highest BCUT2D eigenvalue weighted by Gasteiger charge is 2.24. The first kappa shape index (κ1) is 19.2. The molecule has 0 aromatic heterocycles. The minimum absolute atomic E-state index is 0.0206. The number of carbonyl (C=O) groups is 2. The minimum Gasteiger partial charge on any atom is -0.484 e. The lowest BCUT2D eigenvalue weighted by molar-refractivity contribution is -0.140. The summed E-state index contributed by atoms with van der Waals surface area (Å²) in [7, 11) is 0. The smallest absolute Gasteiger partial charge is 0.260 e. The number of carbonyl (C=O) groups excluding carboxylic acids is 2. The van der Waals surface area contributed by atoms with E-state index in [0.717, 1.165) is 5.56 Å². The maximum atomic E-state index is 12.4. The quantitative estimate of drug-likeness (QED) is 0.766. The number of aryl methyl sites for hydroxylation is 1. The van der Waals surface area contributed by atoms with Gasteiger partial charge >= 0.3 is 0 Å². The lowest BCUT2D eigenvalue weighted by atomic mass is 10.1. The molecule has 0 bridgehead atoms. The van der Waals surface area contributed by atoms with E-state index >= 15 is 0 Å². The molecule has 1 saturated heterocycles. The van der Waals surface area contributed by atoms with Crippen molar-refractivity contribution in [1.29, 1.82) is 0 Å². The number of hydrogen-bond donors (Lipinski definition) is 0. The van der Waals surface area contributed by atoms with Crippen LogP contribution in [0.4, 0.5) is 0 Å². The summed E-state index contributed by atoms with van der Waals surface area (Å²) in [4.78, 5) is 28.3. The third kappa shape index (κ3) is 5.73. The maximum Gasteiger partial charge on any atom is 0.260 e. The minimum atomic E-state index is -0.0510. The molecule has 27 heavy (non-hydrogen) atoms. The second kappa shape index (κ2) is 9.42. The van der Waals surface area contributed by atoms with Gasteiger partial charge in [0, 0.05) is 37.6 Å². The van der Waals surface area contributed by atoms with Crippen molar-refractivity contribution in [2.45, 2.75) is 12.8 Å². The summed E-state index contributed by atoms with van der Waals surface area (Å²) < 4.78 is 5.51. The fourth-order valence-corrected chi connectivity index (χ4v) is 3.27. The van der Waals surface area contributed by atoms with Crippen LogP contribution in [0.15, 0.2) is 54.6 Å². The van der Waals surface area contributed by atoms with Gasteiger partial charge < -0.3 is 14.5 Å². The molecule has 1 fully saturated rings. The van der Waals surface area contributed by atoms with E-state index in [4.69, 9.17) is 16.3 Å². The molecule has 1 aliphatic heterocycles. The van der Waals surface area contributed by atoms with E-state index in [1.165, 1.54) is 0 Å². The topological polar surface area (TPSA) is 49.9 Å². The molecule has 0 radical (unpaired) electrons. The summed E-state index contributed by atoms with van der Waals surface area (Å²) in [5.41, 5.74) is 1.06. The fraction of sp³-hybridized carbons (Fsp3) is 0.333. The Kier molecular flexibility index (Phi) is 6.71. The monoisotopic (exact) mass is 386 g/mol.